The van der Waals surface area contributed by atoms with Crippen molar-refractivity contribution in [3.8, 4) is 0 Å². The second kappa shape index (κ2) is 7.39. The highest BCUT2D eigenvalue weighted by Gasteiger charge is 2.26. The highest BCUT2D eigenvalue weighted by atomic mass is 19.2. The van der Waals surface area contributed by atoms with Crippen molar-refractivity contribution in [2.75, 3.05) is 13.1 Å². The summed E-state index contributed by atoms with van der Waals surface area (Å²) < 4.78 is 44.0. The van der Waals surface area contributed by atoms with Crippen molar-refractivity contribution in [3.63, 3.8) is 0 Å². The fourth-order valence-electron chi connectivity index (χ4n) is 2.06. The predicted molar refractivity (Wildman–Crippen MR) is 79.7 cm³/mol. The van der Waals surface area contributed by atoms with Crippen LogP contribution in [0.4, 0.5) is 18.0 Å². The molecule has 8 heteroatoms. The van der Waals surface area contributed by atoms with Gasteiger partial charge in [-0.05, 0) is 43.2 Å². The summed E-state index contributed by atoms with van der Waals surface area (Å²) in [5.41, 5.74) is -1.15. The number of carbonyl (C=O) groups is 1. The van der Waals surface area contributed by atoms with Gasteiger partial charge in [0, 0.05) is 6.54 Å². The zero-order valence-corrected chi connectivity index (χ0v) is 12.9. The second-order valence-corrected chi connectivity index (χ2v) is 5.48. The Morgan fingerprint density at radius 2 is 1.92 bits per heavy atom. The van der Waals surface area contributed by atoms with Crippen molar-refractivity contribution >= 4 is 6.03 Å². The molecule has 0 saturated heterocycles. The largest absolute Gasteiger partial charge is 0.466 e. The molecule has 3 N–H and O–H groups in total. The van der Waals surface area contributed by atoms with Gasteiger partial charge in [0.05, 0.1) is 12.8 Å². The zero-order chi connectivity index (χ0) is 17.7. The molecule has 2 rings (SSSR count). The Hall–Kier alpha value is -2.48. The Balaban J connectivity index is 1.78. The topological polar surface area (TPSA) is 74.5 Å². The lowest BCUT2D eigenvalue weighted by atomic mass is 10.0. The van der Waals surface area contributed by atoms with Gasteiger partial charge in [-0.15, -0.1) is 0 Å². The number of carbonyl (C=O) groups excluding carboxylic acids is 1. The molecule has 0 bridgehead atoms. The summed E-state index contributed by atoms with van der Waals surface area (Å²) in [4.78, 5) is 11.7. The molecule has 0 aliphatic rings. The van der Waals surface area contributed by atoms with Crippen molar-refractivity contribution in [1.82, 2.24) is 10.6 Å². The Kier molecular flexibility index (Phi) is 5.50. The molecule has 0 radical (unpaired) electrons. The summed E-state index contributed by atoms with van der Waals surface area (Å²) in [6.45, 7) is 1.47. The third-order valence-corrected chi connectivity index (χ3v) is 3.39. The van der Waals surface area contributed by atoms with E-state index in [2.05, 4.69) is 10.6 Å². The van der Waals surface area contributed by atoms with Gasteiger partial charge >= 0.3 is 6.03 Å². The lowest BCUT2D eigenvalue weighted by Crippen LogP contribution is -2.43. The molecular formula is C16H17F3N2O3. The summed E-state index contributed by atoms with van der Waals surface area (Å²) in [6, 6.07) is 4.38. The van der Waals surface area contributed by atoms with E-state index in [4.69, 9.17) is 4.42 Å². The summed E-state index contributed by atoms with van der Waals surface area (Å²) >= 11 is 0. The summed E-state index contributed by atoms with van der Waals surface area (Å²) in [7, 11) is 0. The fraction of sp³-hybridized carbons (Fsp3) is 0.312. The molecule has 0 aliphatic heterocycles. The molecule has 2 aromatic rings. The normalized spacial score (nSPS) is 13.4. The lowest BCUT2D eigenvalue weighted by molar-refractivity contribution is 0.0367. The van der Waals surface area contributed by atoms with Crippen molar-refractivity contribution in [2.45, 2.75) is 18.9 Å². The number of aliphatic hydroxyl groups is 1. The molecule has 1 unspecified atom stereocenters. The first kappa shape index (κ1) is 17.9. The average molecular weight is 342 g/mol. The minimum absolute atomic E-state index is 0.0826. The van der Waals surface area contributed by atoms with E-state index in [-0.39, 0.29) is 25.1 Å². The van der Waals surface area contributed by atoms with Gasteiger partial charge in [-0.25, -0.2) is 18.0 Å². The Labute approximate surface area is 136 Å². The molecule has 1 aromatic heterocycles. The van der Waals surface area contributed by atoms with Gasteiger partial charge in [0.15, 0.2) is 17.5 Å². The van der Waals surface area contributed by atoms with Crippen LogP contribution in [-0.4, -0.2) is 24.2 Å². The molecule has 1 aromatic carbocycles. The summed E-state index contributed by atoms with van der Waals surface area (Å²) in [5, 5.41) is 15.1. The van der Waals surface area contributed by atoms with E-state index >= 15 is 0 Å². The molecular weight excluding hydrogens is 325 g/mol. The molecule has 0 spiro atoms. The van der Waals surface area contributed by atoms with Gasteiger partial charge in [-0.3, -0.25) is 0 Å². The minimum Gasteiger partial charge on any atom is -0.466 e. The molecule has 0 fully saturated rings. The molecule has 5 nitrogen and oxygen atoms in total. The smallest absolute Gasteiger partial charge is 0.314 e. The molecule has 1 heterocycles. The van der Waals surface area contributed by atoms with Crippen LogP contribution in [0.2, 0.25) is 0 Å². The van der Waals surface area contributed by atoms with E-state index in [1.807, 2.05) is 0 Å². The number of rotatable bonds is 6. The first-order valence-corrected chi connectivity index (χ1v) is 7.21. The maximum Gasteiger partial charge on any atom is 0.314 e. The van der Waals surface area contributed by atoms with Gasteiger partial charge in [0.2, 0.25) is 0 Å². The number of benzene rings is 1. The minimum atomic E-state index is -1.52. The SMILES string of the molecule is CC(O)(CNC(=O)NCCc1cc(F)c(F)c(F)c1)c1ccco1. The standard InChI is InChI=1S/C16H17F3N2O3/c1-16(23,13-3-2-6-24-13)9-21-15(22)20-5-4-10-7-11(17)14(19)12(18)8-10/h2-3,6-8,23H,4-5,9H2,1H3,(H2,20,21,22). The van der Waals surface area contributed by atoms with Crippen LogP contribution >= 0.6 is 0 Å². The zero-order valence-electron chi connectivity index (χ0n) is 12.9. The van der Waals surface area contributed by atoms with Crippen LogP contribution < -0.4 is 10.6 Å². The molecule has 0 saturated carbocycles. The Morgan fingerprint density at radius 3 is 2.50 bits per heavy atom. The first-order chi connectivity index (χ1) is 11.3. The van der Waals surface area contributed by atoms with Crippen LogP contribution in [0.25, 0.3) is 0 Å². The van der Waals surface area contributed by atoms with Crippen molar-refractivity contribution in [1.29, 1.82) is 0 Å². The van der Waals surface area contributed by atoms with Gasteiger partial charge in [0.25, 0.3) is 0 Å². The molecule has 2 amide bonds. The molecule has 24 heavy (non-hydrogen) atoms. The Bertz CT molecular complexity index is 680. The third-order valence-electron chi connectivity index (χ3n) is 3.39. The van der Waals surface area contributed by atoms with Gasteiger partial charge < -0.3 is 20.2 Å². The van der Waals surface area contributed by atoms with Crippen LogP contribution in [-0.2, 0) is 12.0 Å². The summed E-state index contributed by atoms with van der Waals surface area (Å²) in [5.74, 6) is -3.77. The maximum atomic E-state index is 13.1. The number of hydrogen-bond acceptors (Lipinski definition) is 3. The average Bonchev–Trinajstić information content (AvgIpc) is 3.06. The monoisotopic (exact) mass is 342 g/mol. The third kappa shape index (κ3) is 4.51. The molecule has 0 aliphatic carbocycles. The summed E-state index contributed by atoms with van der Waals surface area (Å²) in [6.07, 6.45) is 1.53. The van der Waals surface area contributed by atoms with E-state index in [1.54, 1.807) is 12.1 Å². The first-order valence-electron chi connectivity index (χ1n) is 7.21. The molecule has 1 atom stereocenters. The number of nitrogens with one attached hydrogen (secondary N) is 2. The highest BCUT2D eigenvalue weighted by molar-refractivity contribution is 5.73. The van der Waals surface area contributed by atoms with E-state index in [1.165, 1.54) is 13.2 Å². The van der Waals surface area contributed by atoms with Gasteiger partial charge in [0.1, 0.15) is 11.4 Å². The van der Waals surface area contributed by atoms with Crippen LogP contribution in [0.5, 0.6) is 0 Å². The van der Waals surface area contributed by atoms with Crippen LogP contribution in [0, 0.1) is 17.5 Å². The predicted octanol–water partition coefficient (Wildman–Crippen LogP) is 2.45. The van der Waals surface area contributed by atoms with Crippen molar-refractivity contribution in [3.05, 3.63) is 59.3 Å². The van der Waals surface area contributed by atoms with E-state index < -0.39 is 29.1 Å². The highest BCUT2D eigenvalue weighted by Crippen LogP contribution is 2.19. The van der Waals surface area contributed by atoms with Crippen molar-refractivity contribution in [2.24, 2.45) is 0 Å². The van der Waals surface area contributed by atoms with Gasteiger partial charge in [-0.1, -0.05) is 0 Å². The lowest BCUT2D eigenvalue weighted by Gasteiger charge is -2.21. The van der Waals surface area contributed by atoms with Gasteiger partial charge in [-0.2, -0.15) is 0 Å². The van der Waals surface area contributed by atoms with Crippen molar-refractivity contribution < 1.29 is 27.5 Å². The number of halogens is 3. The maximum absolute atomic E-state index is 13.1. The second-order valence-electron chi connectivity index (χ2n) is 5.48. The van der Waals surface area contributed by atoms with Crippen LogP contribution in [0.15, 0.2) is 34.9 Å². The van der Waals surface area contributed by atoms with Crippen LogP contribution in [0.3, 0.4) is 0 Å². The number of urea groups is 1. The number of amides is 2. The number of hydrogen-bond donors (Lipinski definition) is 3. The van der Waals surface area contributed by atoms with E-state index in [9.17, 15) is 23.1 Å². The molecule has 130 valence electrons. The van der Waals surface area contributed by atoms with E-state index in [0.717, 1.165) is 12.1 Å². The fourth-order valence-corrected chi connectivity index (χ4v) is 2.06. The quantitative estimate of drug-likeness (QED) is 0.706. The Morgan fingerprint density at radius 1 is 1.25 bits per heavy atom. The van der Waals surface area contributed by atoms with Crippen LogP contribution in [0.1, 0.15) is 18.2 Å². The number of furan rings is 1. The van der Waals surface area contributed by atoms with E-state index in [0.29, 0.717) is 5.76 Å².